The summed E-state index contributed by atoms with van der Waals surface area (Å²) in [6.45, 7) is 0.312. The molecule has 2 heterocycles. The molecule has 5 nitrogen and oxygen atoms in total. The number of aliphatic hydroxyl groups is 1. The highest BCUT2D eigenvalue weighted by Gasteiger charge is 2.17. The Morgan fingerprint density at radius 2 is 1.96 bits per heavy atom. The van der Waals surface area contributed by atoms with Crippen LogP contribution in [0.25, 0.3) is 33.2 Å². The number of hydrogen-bond donors (Lipinski definition) is 1. The third-order valence-electron chi connectivity index (χ3n) is 3.95. The molecular weight excluding hydrogens is 419 g/mol. The average Bonchev–Trinajstić information content (AvgIpc) is 3.02. The third-order valence-corrected chi connectivity index (χ3v) is 4.93. The van der Waals surface area contributed by atoms with Crippen molar-refractivity contribution >= 4 is 44.5 Å². The number of nitrogens with zero attached hydrogens (tertiary/aromatic N) is 2. The zero-order valence-corrected chi connectivity index (χ0v) is 14.7. The molecule has 24 heavy (non-hydrogen) atoms. The van der Waals surface area contributed by atoms with Crippen LogP contribution in [0.5, 0.6) is 0 Å². The monoisotopic (exact) mass is 432 g/mol. The quantitative estimate of drug-likeness (QED) is 0.504. The van der Waals surface area contributed by atoms with Crippen LogP contribution in [0, 0.1) is 3.57 Å². The minimum Gasteiger partial charge on any atom is -0.452 e. The highest BCUT2D eigenvalue weighted by molar-refractivity contribution is 14.1. The van der Waals surface area contributed by atoms with Crippen LogP contribution in [-0.2, 0) is 6.54 Å². The molecule has 6 heteroatoms. The Balaban J connectivity index is 2.13. The fourth-order valence-electron chi connectivity index (χ4n) is 2.84. The molecule has 0 atom stereocenters. The molecule has 0 aliphatic heterocycles. The van der Waals surface area contributed by atoms with E-state index in [-0.39, 0.29) is 12.0 Å². The minimum absolute atomic E-state index is 0.0344. The van der Waals surface area contributed by atoms with Crippen LogP contribution in [0.1, 0.15) is 0 Å². The van der Waals surface area contributed by atoms with Crippen molar-refractivity contribution in [1.29, 1.82) is 0 Å². The second-order valence-electron chi connectivity index (χ2n) is 5.41. The Kier molecular flexibility index (Phi) is 3.85. The van der Waals surface area contributed by atoms with Crippen molar-refractivity contribution in [2.24, 2.45) is 0 Å². The summed E-state index contributed by atoms with van der Waals surface area (Å²) in [5, 5.41) is 14.9. The molecule has 0 fully saturated rings. The van der Waals surface area contributed by atoms with Crippen LogP contribution in [-0.4, -0.2) is 21.5 Å². The van der Waals surface area contributed by atoms with Crippen molar-refractivity contribution in [3.63, 3.8) is 0 Å². The molecule has 4 aromatic rings. The summed E-state index contributed by atoms with van der Waals surface area (Å²) in [5.74, 6) is 0.554. The molecule has 0 aliphatic carbocycles. The summed E-state index contributed by atoms with van der Waals surface area (Å²) in [4.78, 5) is 12.8. The molecule has 0 saturated carbocycles. The standard InChI is InChI=1S/C18H13IN2O3/c19-14-16(23)13-7-6-12-10-20-21(8-9-22)15(12)18(13)24-17(14)11-4-2-1-3-5-11/h1-7,10,22H,8-9H2. The normalized spacial score (nSPS) is 11.4. The second kappa shape index (κ2) is 6.03. The lowest BCUT2D eigenvalue weighted by atomic mass is 10.1. The molecular formula is C18H13IN2O3. The van der Waals surface area contributed by atoms with E-state index in [4.69, 9.17) is 4.42 Å². The van der Waals surface area contributed by atoms with E-state index in [1.807, 2.05) is 59.0 Å². The number of rotatable bonds is 3. The highest BCUT2D eigenvalue weighted by atomic mass is 127. The van der Waals surface area contributed by atoms with Gasteiger partial charge in [0.05, 0.1) is 24.7 Å². The third kappa shape index (κ3) is 2.33. The molecule has 0 amide bonds. The van der Waals surface area contributed by atoms with E-state index in [1.165, 1.54) is 0 Å². The zero-order valence-electron chi connectivity index (χ0n) is 12.6. The van der Waals surface area contributed by atoms with Gasteiger partial charge in [0, 0.05) is 10.9 Å². The smallest absolute Gasteiger partial charge is 0.206 e. The lowest BCUT2D eigenvalue weighted by Gasteiger charge is -2.08. The first-order valence-electron chi connectivity index (χ1n) is 7.48. The van der Waals surface area contributed by atoms with Crippen molar-refractivity contribution in [3.8, 4) is 11.3 Å². The van der Waals surface area contributed by atoms with Crippen LogP contribution < -0.4 is 5.43 Å². The van der Waals surface area contributed by atoms with Gasteiger partial charge in [-0.25, -0.2) is 0 Å². The summed E-state index contributed by atoms with van der Waals surface area (Å²) in [5.41, 5.74) is 2.02. The molecule has 0 radical (unpaired) electrons. The van der Waals surface area contributed by atoms with Crippen molar-refractivity contribution in [2.75, 3.05) is 6.61 Å². The summed E-state index contributed by atoms with van der Waals surface area (Å²) in [6.07, 6.45) is 1.71. The van der Waals surface area contributed by atoms with Gasteiger partial charge in [-0.3, -0.25) is 9.48 Å². The topological polar surface area (TPSA) is 68.3 Å². The fraction of sp³-hybridized carbons (Fsp3) is 0.111. The van der Waals surface area contributed by atoms with Crippen LogP contribution in [0.2, 0.25) is 0 Å². The number of aliphatic hydroxyl groups excluding tert-OH is 1. The van der Waals surface area contributed by atoms with Gasteiger partial charge in [0.25, 0.3) is 0 Å². The Labute approximate surface area is 150 Å². The van der Waals surface area contributed by atoms with E-state index in [0.29, 0.717) is 26.8 Å². The zero-order chi connectivity index (χ0) is 16.7. The summed E-state index contributed by atoms with van der Waals surface area (Å²) in [6, 6.07) is 13.2. The number of fused-ring (bicyclic) bond motifs is 3. The minimum atomic E-state index is -0.0608. The van der Waals surface area contributed by atoms with Crippen molar-refractivity contribution in [2.45, 2.75) is 6.54 Å². The van der Waals surface area contributed by atoms with E-state index in [2.05, 4.69) is 5.10 Å². The molecule has 0 saturated heterocycles. The first-order valence-corrected chi connectivity index (χ1v) is 8.55. The van der Waals surface area contributed by atoms with Gasteiger partial charge < -0.3 is 9.52 Å². The largest absolute Gasteiger partial charge is 0.452 e. The first kappa shape index (κ1) is 15.3. The fourth-order valence-corrected chi connectivity index (χ4v) is 3.55. The van der Waals surface area contributed by atoms with E-state index in [1.54, 1.807) is 16.9 Å². The lowest BCUT2D eigenvalue weighted by Crippen LogP contribution is -2.09. The highest BCUT2D eigenvalue weighted by Crippen LogP contribution is 2.30. The van der Waals surface area contributed by atoms with Gasteiger partial charge in [-0.15, -0.1) is 0 Å². The molecule has 0 spiro atoms. The van der Waals surface area contributed by atoms with Gasteiger partial charge >= 0.3 is 0 Å². The van der Waals surface area contributed by atoms with Gasteiger partial charge in [0.2, 0.25) is 5.43 Å². The Morgan fingerprint density at radius 1 is 1.17 bits per heavy atom. The molecule has 4 rings (SSSR count). The van der Waals surface area contributed by atoms with E-state index >= 15 is 0 Å². The molecule has 0 bridgehead atoms. The van der Waals surface area contributed by atoms with E-state index in [9.17, 15) is 9.90 Å². The molecule has 0 unspecified atom stereocenters. The van der Waals surface area contributed by atoms with Gasteiger partial charge in [-0.05, 0) is 28.7 Å². The second-order valence-corrected chi connectivity index (χ2v) is 6.49. The summed E-state index contributed by atoms with van der Waals surface area (Å²) >= 11 is 2.04. The molecule has 2 aromatic heterocycles. The average molecular weight is 432 g/mol. The Bertz CT molecular complexity index is 1100. The Morgan fingerprint density at radius 3 is 2.71 bits per heavy atom. The van der Waals surface area contributed by atoms with Crippen LogP contribution in [0.3, 0.4) is 0 Å². The lowest BCUT2D eigenvalue weighted by molar-refractivity contribution is 0.271. The van der Waals surface area contributed by atoms with Gasteiger partial charge in [-0.1, -0.05) is 36.4 Å². The maximum Gasteiger partial charge on any atom is 0.206 e. The molecule has 120 valence electrons. The predicted octanol–water partition coefficient (Wildman–Crippen LogP) is 3.41. The van der Waals surface area contributed by atoms with Crippen LogP contribution >= 0.6 is 22.6 Å². The maximum atomic E-state index is 12.8. The van der Waals surface area contributed by atoms with E-state index in [0.717, 1.165) is 16.5 Å². The summed E-state index contributed by atoms with van der Waals surface area (Å²) in [7, 11) is 0. The Hall–Kier alpha value is -2.19. The van der Waals surface area contributed by atoms with Crippen LogP contribution in [0.4, 0.5) is 0 Å². The van der Waals surface area contributed by atoms with Crippen molar-refractivity contribution in [3.05, 3.63) is 62.5 Å². The molecule has 0 aliphatic rings. The SMILES string of the molecule is O=c1c(I)c(-c2ccccc2)oc2c1ccc1cnn(CCO)c12. The van der Waals surface area contributed by atoms with Crippen molar-refractivity contribution < 1.29 is 9.52 Å². The van der Waals surface area contributed by atoms with Gasteiger partial charge in [0.1, 0.15) is 9.09 Å². The maximum absolute atomic E-state index is 12.8. The number of halogens is 1. The van der Waals surface area contributed by atoms with Crippen LogP contribution in [0.15, 0.2) is 57.9 Å². The number of hydrogen-bond acceptors (Lipinski definition) is 4. The van der Waals surface area contributed by atoms with Gasteiger partial charge in [-0.2, -0.15) is 5.10 Å². The van der Waals surface area contributed by atoms with Crippen molar-refractivity contribution in [1.82, 2.24) is 9.78 Å². The van der Waals surface area contributed by atoms with Gasteiger partial charge in [0.15, 0.2) is 11.3 Å². The van der Waals surface area contributed by atoms with E-state index < -0.39 is 0 Å². The first-order chi connectivity index (χ1) is 11.7. The number of aromatic nitrogens is 2. The number of benzene rings is 2. The predicted molar refractivity (Wildman–Crippen MR) is 101 cm³/mol. The summed E-state index contributed by atoms with van der Waals surface area (Å²) < 4.78 is 8.39. The molecule has 1 N–H and O–H groups in total. The molecule has 2 aromatic carbocycles.